The molecule has 0 fully saturated rings. The zero-order chi connectivity index (χ0) is 11.5. The molecule has 0 aromatic rings. The highest BCUT2D eigenvalue weighted by Crippen LogP contribution is 2.36. The van der Waals surface area contributed by atoms with Gasteiger partial charge in [-0.25, -0.2) is 0 Å². The molecule has 0 spiro atoms. The first kappa shape index (κ1) is 15.4. The summed E-state index contributed by atoms with van der Waals surface area (Å²) in [4.78, 5) is 0. The summed E-state index contributed by atoms with van der Waals surface area (Å²) in [5.41, 5.74) is 2.09. The Morgan fingerprint density at radius 2 is 0.867 bits per heavy atom. The third kappa shape index (κ3) is 8.26. The lowest BCUT2D eigenvalue weighted by atomic mass is 10.1. The summed E-state index contributed by atoms with van der Waals surface area (Å²) in [7, 11) is 1.24. The van der Waals surface area contributed by atoms with Crippen LogP contribution in [-0.4, -0.2) is 11.3 Å². The van der Waals surface area contributed by atoms with Gasteiger partial charge in [-0.1, -0.05) is 53.4 Å². The van der Waals surface area contributed by atoms with Crippen molar-refractivity contribution in [2.24, 2.45) is 0 Å². The highest BCUT2D eigenvalue weighted by Gasteiger charge is 2.13. The molecule has 0 N–H and O–H groups in total. The summed E-state index contributed by atoms with van der Waals surface area (Å²) in [6.07, 6.45) is 11.4. The van der Waals surface area contributed by atoms with E-state index >= 15 is 0 Å². The molecule has 0 radical (unpaired) electrons. The molecule has 0 nitrogen and oxygen atoms in total. The van der Waals surface area contributed by atoms with Crippen molar-refractivity contribution in [1.82, 2.24) is 0 Å². The maximum atomic E-state index is 2.34. The van der Waals surface area contributed by atoms with E-state index in [2.05, 4.69) is 27.7 Å². The van der Waals surface area contributed by atoms with Gasteiger partial charge in [-0.2, -0.15) is 0 Å². The van der Waals surface area contributed by atoms with Gasteiger partial charge in [0.15, 0.2) is 0 Å². The fraction of sp³-hybridized carbons (Fsp3) is 1.00. The van der Waals surface area contributed by atoms with Crippen molar-refractivity contribution >= 4 is 8.58 Å². The Labute approximate surface area is 99.4 Å². The van der Waals surface area contributed by atoms with Crippen LogP contribution in [0.1, 0.15) is 79.1 Å². The van der Waals surface area contributed by atoms with Crippen LogP contribution in [0.3, 0.4) is 0 Å². The first-order valence-electron chi connectivity index (χ1n) is 7.04. The van der Waals surface area contributed by atoms with E-state index in [0.29, 0.717) is 0 Å². The predicted molar refractivity (Wildman–Crippen MR) is 75.5 cm³/mol. The molecular weight excluding hydrogens is 199 g/mol. The SMILES string of the molecule is CCCC(CCC)PC(CCC)CCC. The lowest BCUT2D eigenvalue weighted by molar-refractivity contribution is 0.633. The van der Waals surface area contributed by atoms with Crippen LogP contribution in [0.15, 0.2) is 0 Å². The minimum absolute atomic E-state index is 1.04. The maximum absolute atomic E-state index is 2.34. The quantitative estimate of drug-likeness (QED) is 0.428. The Hall–Kier alpha value is 0.430. The van der Waals surface area contributed by atoms with Gasteiger partial charge in [-0.3, -0.25) is 0 Å². The fourth-order valence-electron chi connectivity index (χ4n) is 2.35. The van der Waals surface area contributed by atoms with E-state index in [4.69, 9.17) is 0 Å². The van der Waals surface area contributed by atoms with Crippen LogP contribution in [0.25, 0.3) is 0 Å². The van der Waals surface area contributed by atoms with Gasteiger partial charge in [0, 0.05) is 0 Å². The summed E-state index contributed by atoms with van der Waals surface area (Å²) < 4.78 is 0. The summed E-state index contributed by atoms with van der Waals surface area (Å²) in [6.45, 7) is 9.34. The molecule has 0 saturated carbocycles. The van der Waals surface area contributed by atoms with Gasteiger partial charge in [0.25, 0.3) is 0 Å². The smallest absolute Gasteiger partial charge is 0.0234 e. The standard InChI is InChI=1S/C14H31P/c1-5-9-13(10-6-2)15-14(11-7-3)12-8-4/h13-15H,5-12H2,1-4H3. The van der Waals surface area contributed by atoms with Crippen molar-refractivity contribution < 1.29 is 0 Å². The number of hydrogen-bond donors (Lipinski definition) is 0. The van der Waals surface area contributed by atoms with Gasteiger partial charge < -0.3 is 0 Å². The van der Waals surface area contributed by atoms with Crippen LogP contribution in [0.5, 0.6) is 0 Å². The van der Waals surface area contributed by atoms with E-state index in [0.717, 1.165) is 11.3 Å². The third-order valence-corrected chi connectivity index (χ3v) is 5.12. The second-order valence-corrected chi connectivity index (χ2v) is 6.68. The second kappa shape index (κ2) is 10.9. The predicted octanol–water partition coefficient (Wildman–Crippen LogP) is 5.60. The molecule has 0 aliphatic heterocycles. The van der Waals surface area contributed by atoms with Crippen LogP contribution in [-0.2, 0) is 0 Å². The molecule has 1 heteroatoms. The zero-order valence-electron chi connectivity index (χ0n) is 11.3. The van der Waals surface area contributed by atoms with E-state index in [1.807, 2.05) is 0 Å². The minimum atomic E-state index is 1.04. The van der Waals surface area contributed by atoms with Gasteiger partial charge in [0.05, 0.1) is 0 Å². The normalized spacial score (nSPS) is 11.6. The maximum Gasteiger partial charge on any atom is -0.0234 e. The molecule has 0 heterocycles. The zero-order valence-corrected chi connectivity index (χ0v) is 12.3. The molecular formula is C14H31P. The average Bonchev–Trinajstić information content (AvgIpc) is 2.19. The van der Waals surface area contributed by atoms with Gasteiger partial charge in [0.1, 0.15) is 0 Å². The molecule has 0 rings (SSSR count). The average molecular weight is 230 g/mol. The van der Waals surface area contributed by atoms with Crippen LogP contribution in [0, 0.1) is 0 Å². The van der Waals surface area contributed by atoms with Crippen LogP contribution < -0.4 is 0 Å². The first-order valence-corrected chi connectivity index (χ1v) is 8.19. The molecule has 0 atom stereocenters. The van der Waals surface area contributed by atoms with Crippen molar-refractivity contribution in [2.45, 2.75) is 90.4 Å². The van der Waals surface area contributed by atoms with Gasteiger partial charge >= 0.3 is 0 Å². The molecule has 0 aliphatic rings. The molecule has 0 amide bonds. The van der Waals surface area contributed by atoms with Crippen molar-refractivity contribution in [3.63, 3.8) is 0 Å². The topological polar surface area (TPSA) is 0 Å². The van der Waals surface area contributed by atoms with E-state index in [-0.39, 0.29) is 0 Å². The Morgan fingerprint density at radius 1 is 0.600 bits per heavy atom. The Balaban J connectivity index is 3.93. The lowest BCUT2D eigenvalue weighted by Gasteiger charge is -2.22. The molecule has 0 aromatic carbocycles. The summed E-state index contributed by atoms with van der Waals surface area (Å²) >= 11 is 0. The number of hydrogen-bond acceptors (Lipinski definition) is 0. The minimum Gasteiger partial charge on any atom is -0.116 e. The largest absolute Gasteiger partial charge is 0.116 e. The van der Waals surface area contributed by atoms with Crippen molar-refractivity contribution in [2.75, 3.05) is 0 Å². The summed E-state index contributed by atoms with van der Waals surface area (Å²) in [5.74, 6) is 0. The second-order valence-electron chi connectivity index (χ2n) is 4.72. The molecule has 92 valence electrons. The van der Waals surface area contributed by atoms with Crippen molar-refractivity contribution in [1.29, 1.82) is 0 Å². The molecule has 0 aliphatic carbocycles. The Morgan fingerprint density at radius 3 is 1.07 bits per heavy atom. The summed E-state index contributed by atoms with van der Waals surface area (Å²) in [6, 6.07) is 0. The van der Waals surface area contributed by atoms with E-state index < -0.39 is 0 Å². The molecule has 0 bridgehead atoms. The fourth-order valence-corrected chi connectivity index (χ4v) is 4.84. The highest BCUT2D eigenvalue weighted by molar-refractivity contribution is 7.39. The monoisotopic (exact) mass is 230 g/mol. The molecule has 15 heavy (non-hydrogen) atoms. The molecule has 0 aromatic heterocycles. The Bertz CT molecular complexity index is 96.5. The van der Waals surface area contributed by atoms with Crippen molar-refractivity contribution in [3.8, 4) is 0 Å². The van der Waals surface area contributed by atoms with E-state index in [9.17, 15) is 0 Å². The van der Waals surface area contributed by atoms with Gasteiger partial charge in [0.2, 0.25) is 0 Å². The number of rotatable bonds is 10. The Kier molecular flexibility index (Phi) is 11.2. The summed E-state index contributed by atoms with van der Waals surface area (Å²) in [5, 5.41) is 0. The van der Waals surface area contributed by atoms with E-state index in [1.54, 1.807) is 0 Å². The highest BCUT2D eigenvalue weighted by atomic mass is 31.1. The van der Waals surface area contributed by atoms with Gasteiger partial charge in [-0.05, 0) is 37.0 Å². The third-order valence-electron chi connectivity index (χ3n) is 3.02. The van der Waals surface area contributed by atoms with E-state index in [1.165, 1.54) is 59.9 Å². The van der Waals surface area contributed by atoms with Gasteiger partial charge in [-0.15, -0.1) is 8.58 Å². The first-order chi connectivity index (χ1) is 7.28. The van der Waals surface area contributed by atoms with Crippen LogP contribution in [0.2, 0.25) is 0 Å². The molecule has 0 saturated heterocycles. The van der Waals surface area contributed by atoms with Crippen LogP contribution in [0.4, 0.5) is 0 Å². The molecule has 0 unspecified atom stereocenters. The van der Waals surface area contributed by atoms with Crippen molar-refractivity contribution in [3.05, 3.63) is 0 Å². The lowest BCUT2D eigenvalue weighted by Crippen LogP contribution is -2.08. The van der Waals surface area contributed by atoms with Crippen LogP contribution >= 0.6 is 8.58 Å².